The Bertz CT molecular complexity index is 382. The number of carbonyl (C=O) groups is 1. The molecule has 0 aliphatic carbocycles. The summed E-state index contributed by atoms with van der Waals surface area (Å²) in [6.07, 6.45) is 1.03. The number of Topliss-reactive ketones (excluding diaryl/α,β-unsaturated/α-hetero) is 1. The predicted molar refractivity (Wildman–Crippen MR) is 69.3 cm³/mol. The molecule has 0 spiro atoms. The summed E-state index contributed by atoms with van der Waals surface area (Å²) in [5, 5.41) is 0.635. The van der Waals surface area contributed by atoms with Gasteiger partial charge in [0.05, 0.1) is 0 Å². The first-order chi connectivity index (χ1) is 7.47. The van der Waals surface area contributed by atoms with Crippen LogP contribution in [0.25, 0.3) is 0 Å². The Hall–Kier alpha value is -0.820. The van der Waals surface area contributed by atoms with Crippen molar-refractivity contribution in [1.82, 2.24) is 0 Å². The molecule has 0 amide bonds. The molecule has 0 aliphatic heterocycles. The maximum atomic E-state index is 12.1. The lowest BCUT2D eigenvalue weighted by atomic mass is 9.89. The fourth-order valence-corrected chi connectivity index (χ4v) is 1.87. The molecule has 0 bridgehead atoms. The zero-order chi connectivity index (χ0) is 12.3. The van der Waals surface area contributed by atoms with E-state index >= 15 is 0 Å². The van der Waals surface area contributed by atoms with Crippen LogP contribution in [0.2, 0.25) is 5.02 Å². The van der Waals surface area contributed by atoms with Crippen molar-refractivity contribution in [2.75, 3.05) is 0 Å². The summed E-state index contributed by atoms with van der Waals surface area (Å²) in [6.45, 7) is 8.11. The highest BCUT2D eigenvalue weighted by atomic mass is 35.5. The fourth-order valence-electron chi connectivity index (χ4n) is 1.70. The molecule has 0 aliphatic rings. The van der Waals surface area contributed by atoms with Gasteiger partial charge in [-0.2, -0.15) is 0 Å². The summed E-state index contributed by atoms with van der Waals surface area (Å²) < 4.78 is 0. The van der Waals surface area contributed by atoms with Crippen molar-refractivity contribution in [3.63, 3.8) is 0 Å². The van der Waals surface area contributed by atoms with Crippen molar-refractivity contribution in [1.29, 1.82) is 0 Å². The number of hydrogen-bond donors (Lipinski definition) is 0. The normalized spacial score (nSPS) is 12.9. The second-order valence-electron chi connectivity index (χ2n) is 4.56. The van der Waals surface area contributed by atoms with Crippen molar-refractivity contribution in [3.8, 4) is 0 Å². The van der Waals surface area contributed by atoms with Gasteiger partial charge in [0, 0.05) is 16.5 Å². The Kier molecular flexibility index (Phi) is 4.55. The number of ketones is 1. The van der Waals surface area contributed by atoms with Gasteiger partial charge in [-0.05, 0) is 30.0 Å². The van der Waals surface area contributed by atoms with E-state index < -0.39 is 0 Å². The summed E-state index contributed by atoms with van der Waals surface area (Å²) in [7, 11) is 0. The van der Waals surface area contributed by atoms with Crippen LogP contribution in [0.1, 0.15) is 56.0 Å². The quantitative estimate of drug-likeness (QED) is 0.696. The zero-order valence-electron chi connectivity index (χ0n) is 10.4. The molecule has 0 radical (unpaired) electrons. The van der Waals surface area contributed by atoms with E-state index in [4.69, 9.17) is 11.6 Å². The minimum absolute atomic E-state index is 0.0151. The highest BCUT2D eigenvalue weighted by Crippen LogP contribution is 2.27. The summed E-state index contributed by atoms with van der Waals surface area (Å²) in [5.74, 6) is 0.592. The molecule has 88 valence electrons. The monoisotopic (exact) mass is 238 g/mol. The van der Waals surface area contributed by atoms with E-state index in [9.17, 15) is 4.79 Å². The van der Waals surface area contributed by atoms with Crippen LogP contribution in [-0.2, 0) is 0 Å². The smallest absolute Gasteiger partial charge is 0.165 e. The molecule has 1 nitrogen and oxygen atoms in total. The van der Waals surface area contributed by atoms with Crippen LogP contribution in [0.5, 0.6) is 0 Å². The summed E-state index contributed by atoms with van der Waals surface area (Å²) in [4.78, 5) is 12.1. The van der Waals surface area contributed by atoms with Gasteiger partial charge in [-0.1, -0.05) is 45.4 Å². The number of hydrogen-bond acceptors (Lipinski definition) is 1. The van der Waals surface area contributed by atoms with Gasteiger partial charge in [-0.15, -0.1) is 0 Å². The van der Waals surface area contributed by atoms with Crippen LogP contribution in [0, 0.1) is 5.92 Å². The lowest BCUT2D eigenvalue weighted by Crippen LogP contribution is -2.11. The van der Waals surface area contributed by atoms with Gasteiger partial charge in [0.25, 0.3) is 0 Å². The first-order valence-electron chi connectivity index (χ1n) is 5.81. The average Bonchev–Trinajstić information content (AvgIpc) is 2.26. The predicted octanol–water partition coefficient (Wildman–Crippen LogP) is 4.69. The van der Waals surface area contributed by atoms with Gasteiger partial charge in [-0.3, -0.25) is 4.79 Å². The molecule has 0 N–H and O–H groups in total. The molecule has 2 heteroatoms. The van der Waals surface area contributed by atoms with Gasteiger partial charge >= 0.3 is 0 Å². The summed E-state index contributed by atoms with van der Waals surface area (Å²) in [5.41, 5.74) is 1.91. The molecule has 16 heavy (non-hydrogen) atoms. The van der Waals surface area contributed by atoms with E-state index in [-0.39, 0.29) is 11.7 Å². The SMILES string of the molecule is CCC(C)c1ccc(Cl)cc1C(=O)C(C)C. The summed E-state index contributed by atoms with van der Waals surface area (Å²) >= 11 is 5.96. The van der Waals surface area contributed by atoms with E-state index in [1.54, 1.807) is 6.07 Å². The molecule has 1 unspecified atom stereocenters. The molecule has 1 aromatic rings. The Labute approximate surface area is 103 Å². The standard InChI is InChI=1S/C14H19ClO/c1-5-10(4)12-7-6-11(15)8-13(12)14(16)9(2)3/h6-10H,5H2,1-4H3. The third-order valence-electron chi connectivity index (χ3n) is 2.95. The number of halogens is 1. The molecular formula is C14H19ClO. The minimum Gasteiger partial charge on any atom is -0.294 e. The maximum Gasteiger partial charge on any atom is 0.165 e. The van der Waals surface area contributed by atoms with Gasteiger partial charge in [0.2, 0.25) is 0 Å². The summed E-state index contributed by atoms with van der Waals surface area (Å²) in [6, 6.07) is 5.64. The fraction of sp³-hybridized carbons (Fsp3) is 0.500. The van der Waals surface area contributed by atoms with Crippen LogP contribution in [-0.4, -0.2) is 5.78 Å². The molecule has 1 atom stereocenters. The number of rotatable bonds is 4. The lowest BCUT2D eigenvalue weighted by molar-refractivity contribution is 0.0938. The van der Waals surface area contributed by atoms with E-state index in [2.05, 4.69) is 13.8 Å². The lowest BCUT2D eigenvalue weighted by Gasteiger charge is -2.15. The van der Waals surface area contributed by atoms with E-state index in [0.717, 1.165) is 17.5 Å². The van der Waals surface area contributed by atoms with Crippen molar-refractivity contribution < 1.29 is 4.79 Å². The van der Waals surface area contributed by atoms with Crippen molar-refractivity contribution in [2.24, 2.45) is 5.92 Å². The molecule has 1 rings (SSSR count). The van der Waals surface area contributed by atoms with Crippen LogP contribution in [0.3, 0.4) is 0 Å². The molecule has 0 aromatic heterocycles. The molecular weight excluding hydrogens is 220 g/mol. The number of benzene rings is 1. The van der Waals surface area contributed by atoms with Gasteiger partial charge in [0.15, 0.2) is 5.78 Å². The van der Waals surface area contributed by atoms with Crippen molar-refractivity contribution in [3.05, 3.63) is 34.3 Å². The van der Waals surface area contributed by atoms with Gasteiger partial charge in [0.1, 0.15) is 0 Å². The number of carbonyl (C=O) groups excluding carboxylic acids is 1. The van der Waals surface area contributed by atoms with Gasteiger partial charge < -0.3 is 0 Å². The van der Waals surface area contributed by atoms with Crippen LogP contribution < -0.4 is 0 Å². The second kappa shape index (κ2) is 5.49. The third-order valence-corrected chi connectivity index (χ3v) is 3.18. The molecule has 0 fully saturated rings. The molecule has 0 heterocycles. The Morgan fingerprint density at radius 3 is 2.44 bits per heavy atom. The van der Waals surface area contributed by atoms with Crippen molar-refractivity contribution in [2.45, 2.75) is 40.0 Å². The van der Waals surface area contributed by atoms with E-state index in [1.165, 1.54) is 0 Å². The third kappa shape index (κ3) is 2.85. The Balaban J connectivity index is 3.23. The van der Waals surface area contributed by atoms with E-state index in [1.807, 2.05) is 26.0 Å². The van der Waals surface area contributed by atoms with Crippen LogP contribution in [0.4, 0.5) is 0 Å². The minimum atomic E-state index is 0.0151. The van der Waals surface area contributed by atoms with Crippen molar-refractivity contribution >= 4 is 17.4 Å². The average molecular weight is 239 g/mol. The maximum absolute atomic E-state index is 12.1. The zero-order valence-corrected chi connectivity index (χ0v) is 11.1. The van der Waals surface area contributed by atoms with E-state index in [0.29, 0.717) is 10.9 Å². The first kappa shape index (κ1) is 13.2. The first-order valence-corrected chi connectivity index (χ1v) is 6.18. The van der Waals surface area contributed by atoms with Crippen LogP contribution >= 0.6 is 11.6 Å². The molecule has 0 saturated heterocycles. The Morgan fingerprint density at radius 2 is 1.94 bits per heavy atom. The topological polar surface area (TPSA) is 17.1 Å². The second-order valence-corrected chi connectivity index (χ2v) is 5.00. The van der Waals surface area contributed by atoms with Gasteiger partial charge in [-0.25, -0.2) is 0 Å². The largest absolute Gasteiger partial charge is 0.294 e. The van der Waals surface area contributed by atoms with Crippen LogP contribution in [0.15, 0.2) is 18.2 Å². The Morgan fingerprint density at radius 1 is 1.31 bits per heavy atom. The molecule has 1 aromatic carbocycles. The highest BCUT2D eigenvalue weighted by Gasteiger charge is 2.17. The highest BCUT2D eigenvalue weighted by molar-refractivity contribution is 6.31. The molecule has 0 saturated carbocycles.